The minimum absolute atomic E-state index is 0.0267. The molecular formula is C12H12ClF3N2O2. The van der Waals surface area contributed by atoms with Crippen molar-refractivity contribution in [1.82, 2.24) is 0 Å². The van der Waals surface area contributed by atoms with Crippen molar-refractivity contribution < 1.29 is 22.7 Å². The molecule has 1 aliphatic rings. The second-order valence-corrected chi connectivity index (χ2v) is 4.90. The Bertz CT molecular complexity index is 522. The van der Waals surface area contributed by atoms with Crippen molar-refractivity contribution in [3.05, 3.63) is 28.8 Å². The number of nitrogens with one attached hydrogen (secondary N) is 1. The van der Waals surface area contributed by atoms with Gasteiger partial charge in [0, 0.05) is 6.04 Å². The van der Waals surface area contributed by atoms with E-state index in [0.29, 0.717) is 0 Å². The Morgan fingerprint density at radius 1 is 1.40 bits per heavy atom. The molecule has 1 fully saturated rings. The van der Waals surface area contributed by atoms with E-state index in [1.165, 1.54) is 0 Å². The molecule has 1 aliphatic heterocycles. The van der Waals surface area contributed by atoms with Crippen LogP contribution in [0.1, 0.15) is 5.56 Å². The molecule has 0 bridgehead atoms. The molecule has 2 unspecified atom stereocenters. The lowest BCUT2D eigenvalue weighted by molar-refractivity contribution is -0.137. The first-order valence-corrected chi connectivity index (χ1v) is 6.18. The highest BCUT2D eigenvalue weighted by atomic mass is 35.5. The van der Waals surface area contributed by atoms with Gasteiger partial charge in [-0.25, -0.2) is 0 Å². The summed E-state index contributed by atoms with van der Waals surface area (Å²) < 4.78 is 42.9. The molecule has 0 aliphatic carbocycles. The van der Waals surface area contributed by atoms with Crippen LogP contribution >= 0.6 is 11.6 Å². The number of ether oxygens (including phenoxy) is 1. The third-order valence-corrected chi connectivity index (χ3v) is 3.34. The number of carbonyl (C=O) groups excluding carboxylic acids is 1. The van der Waals surface area contributed by atoms with Gasteiger partial charge >= 0.3 is 6.18 Å². The van der Waals surface area contributed by atoms with Crippen LogP contribution in [0.2, 0.25) is 5.02 Å². The number of anilines is 1. The van der Waals surface area contributed by atoms with E-state index >= 15 is 0 Å². The summed E-state index contributed by atoms with van der Waals surface area (Å²) in [6.45, 7) is 0.387. The minimum Gasteiger partial charge on any atom is -0.379 e. The van der Waals surface area contributed by atoms with Crippen molar-refractivity contribution in [1.29, 1.82) is 0 Å². The molecule has 1 aromatic rings. The van der Waals surface area contributed by atoms with E-state index in [1.54, 1.807) is 0 Å². The fourth-order valence-electron chi connectivity index (χ4n) is 1.86. The number of hydrogen-bond acceptors (Lipinski definition) is 3. The summed E-state index contributed by atoms with van der Waals surface area (Å²) >= 11 is 5.79. The maximum absolute atomic E-state index is 12.6. The van der Waals surface area contributed by atoms with Gasteiger partial charge in [0.25, 0.3) is 0 Å². The van der Waals surface area contributed by atoms with Crippen LogP contribution in [0.4, 0.5) is 18.9 Å². The van der Waals surface area contributed by atoms with Crippen LogP contribution in [-0.4, -0.2) is 25.2 Å². The van der Waals surface area contributed by atoms with Crippen LogP contribution in [0, 0.1) is 5.92 Å². The summed E-state index contributed by atoms with van der Waals surface area (Å²) in [6.07, 6.45) is -4.50. The lowest BCUT2D eigenvalue weighted by Gasteiger charge is -2.15. The Labute approximate surface area is 118 Å². The highest BCUT2D eigenvalue weighted by Gasteiger charge is 2.33. The Kier molecular flexibility index (Phi) is 4.22. The second kappa shape index (κ2) is 5.59. The van der Waals surface area contributed by atoms with E-state index in [-0.39, 0.29) is 23.9 Å². The van der Waals surface area contributed by atoms with E-state index in [2.05, 4.69) is 5.32 Å². The monoisotopic (exact) mass is 308 g/mol. The first-order valence-electron chi connectivity index (χ1n) is 5.80. The molecule has 0 aromatic heterocycles. The van der Waals surface area contributed by atoms with Crippen LogP contribution in [0.5, 0.6) is 0 Å². The van der Waals surface area contributed by atoms with Crippen LogP contribution in [0.25, 0.3) is 0 Å². The molecule has 20 heavy (non-hydrogen) atoms. The van der Waals surface area contributed by atoms with Crippen molar-refractivity contribution in [3.63, 3.8) is 0 Å². The molecule has 3 N–H and O–H groups in total. The highest BCUT2D eigenvalue weighted by Crippen LogP contribution is 2.34. The number of benzene rings is 1. The zero-order chi connectivity index (χ0) is 14.9. The summed E-state index contributed by atoms with van der Waals surface area (Å²) in [6, 6.07) is 2.26. The van der Waals surface area contributed by atoms with Crippen molar-refractivity contribution in [2.24, 2.45) is 11.7 Å². The summed E-state index contributed by atoms with van der Waals surface area (Å²) in [4.78, 5) is 11.9. The topological polar surface area (TPSA) is 64.3 Å². The van der Waals surface area contributed by atoms with Crippen LogP contribution in [0.3, 0.4) is 0 Å². The Balaban J connectivity index is 2.18. The van der Waals surface area contributed by atoms with Crippen LogP contribution < -0.4 is 11.1 Å². The number of rotatable bonds is 2. The molecule has 1 amide bonds. The van der Waals surface area contributed by atoms with Gasteiger partial charge in [0.05, 0.1) is 35.4 Å². The normalized spacial score (nSPS) is 22.9. The molecule has 0 saturated carbocycles. The van der Waals surface area contributed by atoms with Gasteiger partial charge in [-0.15, -0.1) is 0 Å². The second-order valence-electron chi connectivity index (χ2n) is 4.49. The van der Waals surface area contributed by atoms with Gasteiger partial charge in [0.2, 0.25) is 5.91 Å². The maximum Gasteiger partial charge on any atom is 0.416 e. The van der Waals surface area contributed by atoms with E-state index in [9.17, 15) is 18.0 Å². The standard InChI is InChI=1S/C12H12ClF3N2O2/c13-8-2-1-6(12(14,15)16)3-10(8)18-11(19)7-4-20-5-9(7)17/h1-3,7,9H,4-5,17H2,(H,18,19). The first kappa shape index (κ1) is 15.1. The van der Waals surface area contributed by atoms with E-state index < -0.39 is 29.6 Å². The molecule has 1 heterocycles. The molecular weight excluding hydrogens is 297 g/mol. The van der Waals surface area contributed by atoms with Gasteiger partial charge in [-0.05, 0) is 18.2 Å². The van der Waals surface area contributed by atoms with Crippen LogP contribution in [0.15, 0.2) is 18.2 Å². The average molecular weight is 309 g/mol. The fraction of sp³-hybridized carbons (Fsp3) is 0.417. The molecule has 2 rings (SSSR count). The maximum atomic E-state index is 12.6. The third kappa shape index (κ3) is 3.23. The van der Waals surface area contributed by atoms with E-state index in [4.69, 9.17) is 22.1 Å². The predicted molar refractivity (Wildman–Crippen MR) is 67.4 cm³/mol. The lowest BCUT2D eigenvalue weighted by Crippen LogP contribution is -2.37. The molecule has 8 heteroatoms. The van der Waals surface area contributed by atoms with Crippen molar-refractivity contribution in [2.75, 3.05) is 18.5 Å². The lowest BCUT2D eigenvalue weighted by atomic mass is 10.0. The van der Waals surface area contributed by atoms with E-state index in [1.807, 2.05) is 0 Å². The van der Waals surface area contributed by atoms with Gasteiger partial charge in [-0.1, -0.05) is 11.6 Å². The predicted octanol–water partition coefficient (Wildman–Crippen LogP) is 2.27. The highest BCUT2D eigenvalue weighted by molar-refractivity contribution is 6.33. The van der Waals surface area contributed by atoms with Gasteiger partial charge in [-0.3, -0.25) is 4.79 Å². The minimum atomic E-state index is -4.50. The van der Waals surface area contributed by atoms with Crippen molar-refractivity contribution >= 4 is 23.2 Å². The number of halogens is 4. The molecule has 0 radical (unpaired) electrons. The largest absolute Gasteiger partial charge is 0.416 e. The summed E-state index contributed by atoms with van der Waals surface area (Å²) in [7, 11) is 0. The SMILES string of the molecule is NC1COCC1C(=O)Nc1cc(C(F)(F)F)ccc1Cl. The first-order chi connectivity index (χ1) is 9.29. The number of amides is 1. The summed E-state index contributed by atoms with van der Waals surface area (Å²) in [5.41, 5.74) is 4.69. The van der Waals surface area contributed by atoms with Gasteiger partial charge in [-0.2, -0.15) is 13.2 Å². The Morgan fingerprint density at radius 3 is 2.65 bits per heavy atom. The molecule has 1 aromatic carbocycles. The van der Waals surface area contributed by atoms with Gasteiger partial charge < -0.3 is 15.8 Å². The molecule has 2 atom stereocenters. The number of hydrogen-bond donors (Lipinski definition) is 2. The zero-order valence-electron chi connectivity index (χ0n) is 10.2. The fourth-order valence-corrected chi connectivity index (χ4v) is 2.03. The summed E-state index contributed by atoms with van der Waals surface area (Å²) in [5, 5.41) is 2.39. The third-order valence-electron chi connectivity index (χ3n) is 3.01. The van der Waals surface area contributed by atoms with E-state index in [0.717, 1.165) is 18.2 Å². The van der Waals surface area contributed by atoms with Gasteiger partial charge in [0.1, 0.15) is 0 Å². The number of carbonyl (C=O) groups is 1. The zero-order valence-corrected chi connectivity index (χ0v) is 11.0. The van der Waals surface area contributed by atoms with Crippen molar-refractivity contribution in [3.8, 4) is 0 Å². The van der Waals surface area contributed by atoms with Crippen LogP contribution in [-0.2, 0) is 15.7 Å². The smallest absolute Gasteiger partial charge is 0.379 e. The Morgan fingerprint density at radius 2 is 2.10 bits per heavy atom. The number of nitrogens with two attached hydrogens (primary N) is 1. The molecule has 1 saturated heterocycles. The molecule has 110 valence electrons. The van der Waals surface area contributed by atoms with Crippen molar-refractivity contribution in [2.45, 2.75) is 12.2 Å². The number of alkyl halides is 3. The van der Waals surface area contributed by atoms with Gasteiger partial charge in [0.15, 0.2) is 0 Å². The Hall–Kier alpha value is -1.31. The molecule has 4 nitrogen and oxygen atoms in total. The quantitative estimate of drug-likeness (QED) is 0.881. The summed E-state index contributed by atoms with van der Waals surface area (Å²) in [5.74, 6) is -1.10. The molecule has 0 spiro atoms. The average Bonchev–Trinajstić information content (AvgIpc) is 2.77.